The van der Waals surface area contributed by atoms with Gasteiger partial charge in [0.25, 0.3) is 0 Å². The van der Waals surface area contributed by atoms with E-state index in [0.717, 1.165) is 23.5 Å². The fourth-order valence-electron chi connectivity index (χ4n) is 2.64. The lowest BCUT2D eigenvalue weighted by Crippen LogP contribution is -2.30. The number of ether oxygens (including phenoxy) is 3. The van der Waals surface area contributed by atoms with Crippen LogP contribution in [0.1, 0.15) is 12.5 Å². The predicted octanol–water partition coefficient (Wildman–Crippen LogP) is 3.84. The number of methoxy groups -OCH3 is 1. The monoisotopic (exact) mass is 528 g/mol. The first-order chi connectivity index (χ1) is 14.1. The number of rotatable bonds is 10. The highest BCUT2D eigenvalue weighted by Gasteiger charge is 2.08. The Morgan fingerprint density at radius 2 is 1.80 bits per heavy atom. The molecule has 0 saturated heterocycles. The Balaban J connectivity index is 0.00000450. The van der Waals surface area contributed by atoms with Gasteiger partial charge in [-0.2, -0.15) is 0 Å². The summed E-state index contributed by atoms with van der Waals surface area (Å²) in [7, 11) is 7.42. The molecule has 2 N–H and O–H groups in total. The zero-order valence-corrected chi connectivity index (χ0v) is 20.7. The van der Waals surface area contributed by atoms with Crippen molar-refractivity contribution in [3.63, 3.8) is 0 Å². The van der Waals surface area contributed by atoms with Crippen LogP contribution >= 0.6 is 24.0 Å². The van der Waals surface area contributed by atoms with E-state index < -0.39 is 0 Å². The summed E-state index contributed by atoms with van der Waals surface area (Å²) in [6, 6.07) is 13.7. The summed E-state index contributed by atoms with van der Waals surface area (Å²) in [5.74, 6) is 2.92. The van der Waals surface area contributed by atoms with Gasteiger partial charge in [-0.1, -0.05) is 18.2 Å². The normalized spacial score (nSPS) is 10.9. The van der Waals surface area contributed by atoms with Crippen molar-refractivity contribution < 1.29 is 14.2 Å². The van der Waals surface area contributed by atoms with Crippen molar-refractivity contribution in [3.8, 4) is 17.2 Å². The standard InChI is InChI=1S/C22H32N4O3.HI/c1-6-28-20-12-11-18(15-21(20)27-5)25-22(23-2)24-16-17-9-7-8-10-19(17)29-14-13-26(3)4;/h7-12,15H,6,13-14,16H2,1-5H3,(H2,23,24,25);1H. The summed E-state index contributed by atoms with van der Waals surface area (Å²) < 4.78 is 16.9. The fourth-order valence-corrected chi connectivity index (χ4v) is 2.64. The first kappa shape index (κ1) is 25.8. The molecular weight excluding hydrogens is 495 g/mol. The Hall–Kier alpha value is -2.20. The second-order valence-electron chi connectivity index (χ2n) is 6.61. The number of nitrogens with zero attached hydrogens (tertiary/aromatic N) is 2. The molecule has 0 unspecified atom stereocenters. The number of aliphatic imine (C=N–C) groups is 1. The van der Waals surface area contributed by atoms with Gasteiger partial charge in [-0.25, -0.2) is 0 Å². The van der Waals surface area contributed by atoms with E-state index in [4.69, 9.17) is 14.2 Å². The minimum atomic E-state index is 0. The molecule has 0 saturated carbocycles. The number of guanidine groups is 1. The molecular formula is C22H33IN4O3. The van der Waals surface area contributed by atoms with Crippen LogP contribution in [0.5, 0.6) is 17.2 Å². The maximum Gasteiger partial charge on any atom is 0.195 e. The quantitative estimate of drug-likeness (QED) is 0.278. The molecule has 0 amide bonds. The molecule has 0 aliphatic carbocycles. The molecule has 30 heavy (non-hydrogen) atoms. The van der Waals surface area contributed by atoms with Gasteiger partial charge in [0.15, 0.2) is 17.5 Å². The summed E-state index contributed by atoms with van der Waals surface area (Å²) in [5.41, 5.74) is 1.92. The van der Waals surface area contributed by atoms with E-state index in [1.807, 2.05) is 63.5 Å². The number of anilines is 1. The number of likely N-dealkylation sites (N-methyl/N-ethyl adjacent to an activating group) is 1. The van der Waals surface area contributed by atoms with E-state index in [0.29, 0.717) is 37.2 Å². The Bertz CT molecular complexity index is 800. The van der Waals surface area contributed by atoms with Crippen molar-refractivity contribution in [2.24, 2.45) is 4.99 Å². The number of benzene rings is 2. The van der Waals surface area contributed by atoms with Gasteiger partial charge >= 0.3 is 0 Å². The van der Waals surface area contributed by atoms with Crippen LogP contribution in [0.2, 0.25) is 0 Å². The van der Waals surface area contributed by atoms with Crippen molar-refractivity contribution in [2.45, 2.75) is 13.5 Å². The van der Waals surface area contributed by atoms with Crippen LogP contribution in [0, 0.1) is 0 Å². The molecule has 0 atom stereocenters. The Labute approximate surface area is 196 Å². The maximum absolute atomic E-state index is 5.93. The van der Waals surface area contributed by atoms with Gasteiger partial charge in [0, 0.05) is 37.5 Å². The minimum absolute atomic E-state index is 0. The lowest BCUT2D eigenvalue weighted by Gasteiger charge is -2.17. The lowest BCUT2D eigenvalue weighted by atomic mass is 10.2. The summed E-state index contributed by atoms with van der Waals surface area (Å²) in [6.45, 7) is 4.63. The van der Waals surface area contributed by atoms with Crippen LogP contribution in [-0.4, -0.2) is 58.9 Å². The number of para-hydroxylation sites is 1. The summed E-state index contributed by atoms with van der Waals surface area (Å²) >= 11 is 0. The third kappa shape index (κ3) is 8.27. The fraction of sp³-hybridized carbons (Fsp3) is 0.409. The first-order valence-corrected chi connectivity index (χ1v) is 9.71. The van der Waals surface area contributed by atoms with Crippen LogP contribution in [0.4, 0.5) is 5.69 Å². The largest absolute Gasteiger partial charge is 0.493 e. The smallest absolute Gasteiger partial charge is 0.195 e. The van der Waals surface area contributed by atoms with Crippen LogP contribution in [0.15, 0.2) is 47.5 Å². The van der Waals surface area contributed by atoms with Gasteiger partial charge < -0.3 is 29.7 Å². The topological polar surface area (TPSA) is 67.3 Å². The molecule has 166 valence electrons. The molecule has 8 heteroatoms. The first-order valence-electron chi connectivity index (χ1n) is 9.71. The molecule has 2 rings (SSSR count). The lowest BCUT2D eigenvalue weighted by molar-refractivity contribution is 0.259. The number of nitrogens with one attached hydrogen (secondary N) is 2. The van der Waals surface area contributed by atoms with Gasteiger partial charge in [-0.15, -0.1) is 24.0 Å². The molecule has 0 bridgehead atoms. The van der Waals surface area contributed by atoms with E-state index >= 15 is 0 Å². The highest BCUT2D eigenvalue weighted by molar-refractivity contribution is 14.0. The maximum atomic E-state index is 5.93. The van der Waals surface area contributed by atoms with Crippen LogP contribution in [0.25, 0.3) is 0 Å². The molecule has 0 aliphatic heterocycles. The summed E-state index contributed by atoms with van der Waals surface area (Å²) in [6.07, 6.45) is 0. The van der Waals surface area contributed by atoms with E-state index in [1.165, 1.54) is 0 Å². The van der Waals surface area contributed by atoms with Crippen molar-refractivity contribution in [1.29, 1.82) is 0 Å². The molecule has 2 aromatic rings. The van der Waals surface area contributed by atoms with Crippen molar-refractivity contribution in [2.75, 3.05) is 53.3 Å². The molecule has 0 spiro atoms. The summed E-state index contributed by atoms with van der Waals surface area (Å²) in [4.78, 5) is 6.40. The van der Waals surface area contributed by atoms with Gasteiger partial charge in [-0.05, 0) is 39.2 Å². The SMILES string of the molecule is CCOc1ccc(NC(=NC)NCc2ccccc2OCCN(C)C)cc1OC.I. The molecule has 0 fully saturated rings. The molecule has 0 aliphatic rings. The Kier molecular flexibility index (Phi) is 12.0. The number of hydrogen-bond acceptors (Lipinski definition) is 5. The third-order valence-corrected chi connectivity index (χ3v) is 4.16. The Morgan fingerprint density at radius 3 is 2.47 bits per heavy atom. The van der Waals surface area contributed by atoms with Crippen LogP contribution in [-0.2, 0) is 6.54 Å². The minimum Gasteiger partial charge on any atom is -0.493 e. The van der Waals surface area contributed by atoms with E-state index in [1.54, 1.807) is 14.2 Å². The predicted molar refractivity (Wildman–Crippen MR) is 134 cm³/mol. The van der Waals surface area contributed by atoms with Crippen molar-refractivity contribution in [1.82, 2.24) is 10.2 Å². The van der Waals surface area contributed by atoms with E-state index in [-0.39, 0.29) is 24.0 Å². The zero-order valence-electron chi connectivity index (χ0n) is 18.4. The second kappa shape index (κ2) is 13.9. The number of halogens is 1. The zero-order chi connectivity index (χ0) is 21.1. The molecule has 0 heterocycles. The Morgan fingerprint density at radius 1 is 1.03 bits per heavy atom. The molecule has 0 aromatic heterocycles. The number of hydrogen-bond donors (Lipinski definition) is 2. The molecule has 0 radical (unpaired) electrons. The van der Waals surface area contributed by atoms with Gasteiger partial charge in [0.05, 0.1) is 13.7 Å². The second-order valence-corrected chi connectivity index (χ2v) is 6.61. The molecule has 2 aromatic carbocycles. The van der Waals surface area contributed by atoms with Gasteiger partial charge in [-0.3, -0.25) is 4.99 Å². The van der Waals surface area contributed by atoms with E-state index in [2.05, 4.69) is 20.5 Å². The summed E-state index contributed by atoms with van der Waals surface area (Å²) in [5, 5.41) is 6.60. The molecule has 7 nitrogen and oxygen atoms in total. The third-order valence-electron chi connectivity index (χ3n) is 4.16. The van der Waals surface area contributed by atoms with Crippen molar-refractivity contribution in [3.05, 3.63) is 48.0 Å². The van der Waals surface area contributed by atoms with Crippen LogP contribution in [0.3, 0.4) is 0 Å². The van der Waals surface area contributed by atoms with Crippen LogP contribution < -0.4 is 24.8 Å². The average molecular weight is 528 g/mol. The van der Waals surface area contributed by atoms with E-state index in [9.17, 15) is 0 Å². The highest BCUT2D eigenvalue weighted by Crippen LogP contribution is 2.30. The van der Waals surface area contributed by atoms with Crippen molar-refractivity contribution >= 4 is 35.6 Å². The van der Waals surface area contributed by atoms with Gasteiger partial charge in [0.2, 0.25) is 0 Å². The average Bonchev–Trinajstić information content (AvgIpc) is 2.72. The van der Waals surface area contributed by atoms with Gasteiger partial charge in [0.1, 0.15) is 12.4 Å². The highest BCUT2D eigenvalue weighted by atomic mass is 127.